The summed E-state index contributed by atoms with van der Waals surface area (Å²) in [6.07, 6.45) is 2.73. The number of anilines is 1. The predicted molar refractivity (Wildman–Crippen MR) is 69.6 cm³/mol. The second-order valence-corrected chi connectivity index (χ2v) is 4.92. The summed E-state index contributed by atoms with van der Waals surface area (Å²) in [7, 11) is 0. The van der Waals surface area contributed by atoms with Gasteiger partial charge in [-0.2, -0.15) is 5.10 Å². The molecule has 4 rings (SSSR count). The molecular formula is C13H12FN5. The molecule has 1 aromatic carbocycles. The van der Waals surface area contributed by atoms with Crippen LogP contribution in [0.4, 0.5) is 10.2 Å². The van der Waals surface area contributed by atoms with Crippen molar-refractivity contribution in [3.8, 4) is 5.69 Å². The van der Waals surface area contributed by atoms with E-state index < -0.39 is 5.67 Å². The first-order valence-electron chi connectivity index (χ1n) is 6.15. The van der Waals surface area contributed by atoms with E-state index in [0.717, 1.165) is 16.7 Å². The van der Waals surface area contributed by atoms with Gasteiger partial charge in [-0.1, -0.05) is 0 Å². The molecule has 0 aliphatic heterocycles. The zero-order valence-corrected chi connectivity index (χ0v) is 10.1. The Kier molecular flexibility index (Phi) is 1.86. The summed E-state index contributed by atoms with van der Waals surface area (Å²) in [4.78, 5) is 7.35. The van der Waals surface area contributed by atoms with E-state index in [1.54, 1.807) is 16.9 Å². The van der Waals surface area contributed by atoms with E-state index in [2.05, 4.69) is 15.1 Å². The molecule has 6 heteroatoms. The number of nitrogens with zero attached hydrogens (tertiary/aromatic N) is 3. The van der Waals surface area contributed by atoms with Gasteiger partial charge in [0.15, 0.2) is 5.67 Å². The van der Waals surface area contributed by atoms with Crippen molar-refractivity contribution in [2.24, 2.45) is 0 Å². The van der Waals surface area contributed by atoms with E-state index in [1.807, 2.05) is 18.2 Å². The highest BCUT2D eigenvalue weighted by Crippen LogP contribution is 2.48. The molecule has 0 radical (unpaired) electrons. The number of nitrogens with two attached hydrogens (primary N) is 1. The molecule has 19 heavy (non-hydrogen) atoms. The zero-order chi connectivity index (χ0) is 13.0. The molecule has 0 amide bonds. The number of halogens is 1. The molecule has 2 heterocycles. The Labute approximate surface area is 108 Å². The highest BCUT2D eigenvalue weighted by Gasteiger charge is 2.47. The zero-order valence-electron chi connectivity index (χ0n) is 10.1. The maximum atomic E-state index is 14.0. The van der Waals surface area contributed by atoms with Gasteiger partial charge in [0.05, 0.1) is 22.9 Å². The quantitative estimate of drug-likeness (QED) is 0.739. The molecule has 0 atom stereocenters. The number of aromatic amines is 1. The Bertz CT molecular complexity index is 768. The molecule has 0 unspecified atom stereocenters. The third-order valence-corrected chi connectivity index (χ3v) is 3.50. The highest BCUT2D eigenvalue weighted by atomic mass is 19.1. The van der Waals surface area contributed by atoms with Gasteiger partial charge in [-0.15, -0.1) is 0 Å². The van der Waals surface area contributed by atoms with Gasteiger partial charge >= 0.3 is 0 Å². The van der Waals surface area contributed by atoms with Crippen molar-refractivity contribution in [1.82, 2.24) is 19.7 Å². The number of nitrogens with one attached hydrogen (secondary N) is 1. The lowest BCUT2D eigenvalue weighted by molar-refractivity contribution is 0.303. The average Bonchev–Trinajstić information content (AvgIpc) is 2.86. The monoisotopic (exact) mass is 257 g/mol. The summed E-state index contributed by atoms with van der Waals surface area (Å²) in [6.45, 7) is 0. The minimum Gasteiger partial charge on any atom is -0.384 e. The van der Waals surface area contributed by atoms with Gasteiger partial charge < -0.3 is 10.7 Å². The van der Waals surface area contributed by atoms with Crippen LogP contribution in [-0.2, 0) is 5.67 Å². The van der Waals surface area contributed by atoms with Crippen LogP contribution >= 0.6 is 0 Å². The van der Waals surface area contributed by atoms with E-state index in [0.29, 0.717) is 24.5 Å². The number of H-pyrrole nitrogens is 1. The lowest BCUT2D eigenvalue weighted by Crippen LogP contribution is -2.01. The summed E-state index contributed by atoms with van der Waals surface area (Å²) in [6, 6.07) is 7.32. The summed E-state index contributed by atoms with van der Waals surface area (Å²) < 4.78 is 15.6. The lowest BCUT2D eigenvalue weighted by atomic mass is 10.3. The second-order valence-electron chi connectivity index (χ2n) is 4.92. The van der Waals surface area contributed by atoms with Crippen molar-refractivity contribution in [3.05, 3.63) is 36.3 Å². The SMILES string of the molecule is Nc1ccnn1-c1ccc2nc(C3(F)CC3)[nH]c2c1. The Morgan fingerprint density at radius 1 is 1.32 bits per heavy atom. The minimum atomic E-state index is -1.25. The molecule has 96 valence electrons. The minimum absolute atomic E-state index is 0.424. The first-order valence-corrected chi connectivity index (χ1v) is 6.15. The molecule has 5 nitrogen and oxygen atoms in total. The summed E-state index contributed by atoms with van der Waals surface area (Å²) in [5.74, 6) is 0.983. The van der Waals surface area contributed by atoms with Crippen LogP contribution in [0.25, 0.3) is 16.7 Å². The standard InChI is InChI=1S/C13H12FN5/c14-13(4-5-13)12-17-9-2-1-8(7-10(9)18-12)19-11(15)3-6-16-19/h1-3,6-7H,4-5,15H2,(H,17,18). The molecule has 3 aromatic rings. The Morgan fingerprint density at radius 2 is 2.16 bits per heavy atom. The molecule has 3 N–H and O–H groups in total. The number of aromatic nitrogens is 4. The summed E-state index contributed by atoms with van der Waals surface area (Å²) in [5, 5.41) is 4.14. The fourth-order valence-corrected chi connectivity index (χ4v) is 2.22. The molecular weight excluding hydrogens is 245 g/mol. The van der Waals surface area contributed by atoms with Crippen molar-refractivity contribution in [1.29, 1.82) is 0 Å². The average molecular weight is 257 g/mol. The topological polar surface area (TPSA) is 72.5 Å². The molecule has 1 aliphatic carbocycles. The second kappa shape index (κ2) is 3.34. The van der Waals surface area contributed by atoms with Crippen molar-refractivity contribution in [3.63, 3.8) is 0 Å². The number of benzene rings is 1. The van der Waals surface area contributed by atoms with Gasteiger partial charge in [-0.05, 0) is 31.0 Å². The van der Waals surface area contributed by atoms with Crippen molar-refractivity contribution in [2.75, 3.05) is 5.73 Å². The van der Waals surface area contributed by atoms with Crippen LogP contribution in [0.2, 0.25) is 0 Å². The van der Waals surface area contributed by atoms with Crippen LogP contribution in [0.1, 0.15) is 18.7 Å². The molecule has 0 spiro atoms. The fourth-order valence-electron chi connectivity index (χ4n) is 2.22. The maximum absolute atomic E-state index is 14.0. The fraction of sp³-hybridized carbons (Fsp3) is 0.231. The van der Waals surface area contributed by atoms with Gasteiger partial charge in [0.1, 0.15) is 11.6 Å². The number of rotatable bonds is 2. The molecule has 0 saturated heterocycles. The molecule has 2 aromatic heterocycles. The van der Waals surface area contributed by atoms with Crippen LogP contribution in [-0.4, -0.2) is 19.7 Å². The largest absolute Gasteiger partial charge is 0.384 e. The molecule has 0 bridgehead atoms. The number of imidazole rings is 1. The van der Waals surface area contributed by atoms with E-state index in [-0.39, 0.29) is 0 Å². The number of nitrogen functional groups attached to an aromatic ring is 1. The lowest BCUT2D eigenvalue weighted by Gasteiger charge is -2.03. The predicted octanol–water partition coefficient (Wildman–Crippen LogP) is 2.29. The highest BCUT2D eigenvalue weighted by molar-refractivity contribution is 5.78. The van der Waals surface area contributed by atoms with Crippen molar-refractivity contribution in [2.45, 2.75) is 18.5 Å². The molecule has 1 fully saturated rings. The smallest absolute Gasteiger partial charge is 0.168 e. The van der Waals surface area contributed by atoms with Gasteiger partial charge in [0.25, 0.3) is 0 Å². The van der Waals surface area contributed by atoms with Gasteiger partial charge in [0, 0.05) is 6.07 Å². The normalized spacial score (nSPS) is 16.9. The Hall–Kier alpha value is -2.37. The molecule has 1 saturated carbocycles. The number of fused-ring (bicyclic) bond motifs is 1. The Balaban J connectivity index is 1.85. The number of alkyl halides is 1. The third kappa shape index (κ3) is 1.53. The van der Waals surface area contributed by atoms with Crippen LogP contribution < -0.4 is 5.73 Å². The van der Waals surface area contributed by atoms with E-state index in [1.165, 1.54) is 0 Å². The van der Waals surface area contributed by atoms with Crippen molar-refractivity contribution < 1.29 is 4.39 Å². The van der Waals surface area contributed by atoms with Crippen molar-refractivity contribution >= 4 is 16.9 Å². The third-order valence-electron chi connectivity index (χ3n) is 3.50. The first-order chi connectivity index (χ1) is 9.16. The number of hydrogen-bond acceptors (Lipinski definition) is 3. The number of hydrogen-bond donors (Lipinski definition) is 2. The first kappa shape index (κ1) is 10.5. The van der Waals surface area contributed by atoms with Crippen LogP contribution in [0.15, 0.2) is 30.5 Å². The molecule has 1 aliphatic rings. The van der Waals surface area contributed by atoms with Crippen LogP contribution in [0, 0.1) is 0 Å². The summed E-state index contributed by atoms with van der Waals surface area (Å²) in [5.41, 5.74) is 6.95. The van der Waals surface area contributed by atoms with Gasteiger partial charge in [-0.3, -0.25) is 0 Å². The van der Waals surface area contributed by atoms with E-state index in [4.69, 9.17) is 5.73 Å². The van der Waals surface area contributed by atoms with Crippen LogP contribution in [0.5, 0.6) is 0 Å². The Morgan fingerprint density at radius 3 is 2.84 bits per heavy atom. The van der Waals surface area contributed by atoms with Gasteiger partial charge in [0.2, 0.25) is 0 Å². The maximum Gasteiger partial charge on any atom is 0.168 e. The van der Waals surface area contributed by atoms with E-state index in [9.17, 15) is 4.39 Å². The van der Waals surface area contributed by atoms with Crippen LogP contribution in [0.3, 0.4) is 0 Å². The van der Waals surface area contributed by atoms with E-state index >= 15 is 0 Å². The van der Waals surface area contributed by atoms with Gasteiger partial charge in [-0.25, -0.2) is 14.1 Å². The summed E-state index contributed by atoms with van der Waals surface area (Å²) >= 11 is 0.